The second-order valence-corrected chi connectivity index (χ2v) is 23.1. The highest BCUT2D eigenvalue weighted by atomic mass is 35.5. The molecule has 21 heteroatoms. The number of anilines is 2. The number of piperidine rings is 1. The number of hydrogen-bond donors (Lipinski definition) is 3. The lowest BCUT2D eigenvalue weighted by molar-refractivity contribution is -0.0477. The molecule has 3 fully saturated rings. The van der Waals surface area contributed by atoms with Crippen molar-refractivity contribution in [1.82, 2.24) is 39.7 Å². The number of sulfonamides is 1. The van der Waals surface area contributed by atoms with Crippen molar-refractivity contribution < 1.29 is 37.6 Å². The Morgan fingerprint density at radius 1 is 0.948 bits per heavy atom. The Labute approximate surface area is 453 Å². The molecule has 0 spiro atoms. The summed E-state index contributed by atoms with van der Waals surface area (Å²) in [5.41, 5.74) is 12.1. The molecule has 2 aromatic heterocycles. The fraction of sp³-hybridized carbons (Fsp3) is 0.464. The average Bonchev–Trinajstić information content (AvgIpc) is 3.77. The number of ether oxygens (including phenoxy) is 3. The highest BCUT2D eigenvalue weighted by molar-refractivity contribution is 7.89. The van der Waals surface area contributed by atoms with Crippen LogP contribution in [0.15, 0.2) is 99.8 Å². The van der Waals surface area contributed by atoms with Gasteiger partial charge in [0, 0.05) is 107 Å². The highest BCUT2D eigenvalue weighted by Crippen LogP contribution is 2.39. The predicted octanol–water partition coefficient (Wildman–Crippen LogP) is 6.27. The van der Waals surface area contributed by atoms with Gasteiger partial charge in [-0.1, -0.05) is 28.3 Å². The first-order valence-corrected chi connectivity index (χ1v) is 28.1. The number of rotatable bonds is 15. The van der Waals surface area contributed by atoms with Crippen LogP contribution in [0.1, 0.15) is 86.3 Å². The molecule has 3 aromatic carbocycles. The van der Waals surface area contributed by atoms with Crippen LogP contribution in [0.2, 0.25) is 5.02 Å². The number of fused-ring (bicyclic) bond motifs is 2. The topological polar surface area (TPSA) is 225 Å². The van der Waals surface area contributed by atoms with Gasteiger partial charge in [-0.2, -0.15) is 9.57 Å². The van der Waals surface area contributed by atoms with Crippen molar-refractivity contribution in [2.45, 2.75) is 94.1 Å². The maximum Gasteiger partial charge on any atom is 0.272 e. The van der Waals surface area contributed by atoms with Gasteiger partial charge in [0.2, 0.25) is 10.0 Å². The minimum Gasteiger partial charge on any atom is -0.494 e. The van der Waals surface area contributed by atoms with Crippen LogP contribution in [0.5, 0.6) is 17.2 Å². The third-order valence-corrected chi connectivity index (χ3v) is 17.6. The predicted molar refractivity (Wildman–Crippen MR) is 290 cm³/mol. The summed E-state index contributed by atoms with van der Waals surface area (Å²) in [5, 5.41) is 50.3. The lowest BCUT2D eigenvalue weighted by Crippen LogP contribution is -2.49. The zero-order valence-corrected chi connectivity index (χ0v) is 45.3. The van der Waals surface area contributed by atoms with Crippen molar-refractivity contribution in [3.63, 3.8) is 0 Å². The molecule has 0 bridgehead atoms. The molecular formula is C56H64ClN11O8S. The van der Waals surface area contributed by atoms with Crippen LogP contribution in [0.25, 0.3) is 11.0 Å². The Bertz CT molecular complexity index is 3310. The van der Waals surface area contributed by atoms with Crippen molar-refractivity contribution in [3.05, 3.63) is 117 Å². The first-order valence-electron chi connectivity index (χ1n) is 26.3. The van der Waals surface area contributed by atoms with Gasteiger partial charge in [0.25, 0.3) is 5.91 Å². The van der Waals surface area contributed by atoms with Gasteiger partial charge in [0.05, 0.1) is 30.3 Å². The molecule has 19 nitrogen and oxygen atoms in total. The number of amides is 1. The summed E-state index contributed by atoms with van der Waals surface area (Å²) in [6.45, 7) is 9.97. The lowest BCUT2D eigenvalue weighted by Gasteiger charge is -2.39. The fourth-order valence-electron chi connectivity index (χ4n) is 11.2. The first-order chi connectivity index (χ1) is 37.1. The number of hydrogen-bond acceptors (Lipinski definition) is 16. The van der Waals surface area contributed by atoms with Crippen LogP contribution in [0.3, 0.4) is 0 Å². The number of nitriles is 1. The summed E-state index contributed by atoms with van der Waals surface area (Å²) in [5.74, 6) is 2.02. The summed E-state index contributed by atoms with van der Waals surface area (Å²) in [4.78, 5) is 20.3. The smallest absolute Gasteiger partial charge is 0.272 e. The normalized spacial score (nSPS) is 21.5. The zero-order chi connectivity index (χ0) is 54.0. The molecule has 5 aromatic rings. The van der Waals surface area contributed by atoms with Crippen LogP contribution in [0.4, 0.5) is 11.5 Å². The summed E-state index contributed by atoms with van der Waals surface area (Å²) in [6, 6.07) is 19.9. The largest absolute Gasteiger partial charge is 0.494 e. The zero-order valence-electron chi connectivity index (χ0n) is 43.7. The SMILES string of the molecule is COc1cc(C(CC(O)O)C2=C=C=C(C)C(CN3C[C@@H](C)Oc4cc(N5CCN(CC6CCN(c7ccc(C(=O)NC8CCC(Oc9ccc(C#N)c(Cl)c9)CC8)nn7)CC6)CC5)ccc4S3(=O)=O)=C2)cc2nnn(C)c12. The van der Waals surface area contributed by atoms with Crippen LogP contribution in [0, 0.1) is 17.2 Å². The van der Waals surface area contributed by atoms with Crippen LogP contribution < -0.4 is 29.3 Å². The van der Waals surface area contributed by atoms with E-state index in [1.807, 2.05) is 50.3 Å². The molecule has 5 aliphatic rings. The van der Waals surface area contributed by atoms with Gasteiger partial charge < -0.3 is 39.5 Å². The minimum atomic E-state index is -4.01. The Hall–Kier alpha value is -6.78. The van der Waals surface area contributed by atoms with Crippen LogP contribution >= 0.6 is 11.6 Å². The third-order valence-electron chi connectivity index (χ3n) is 15.5. The van der Waals surface area contributed by atoms with E-state index in [1.54, 1.807) is 49.2 Å². The van der Waals surface area contributed by atoms with Gasteiger partial charge in [0.15, 0.2) is 17.8 Å². The number of nitrogens with one attached hydrogen (secondary N) is 1. The number of aliphatic hydroxyl groups is 2. The Balaban J connectivity index is 0.696. The van der Waals surface area contributed by atoms with E-state index in [-0.39, 0.29) is 42.5 Å². The Morgan fingerprint density at radius 2 is 1.73 bits per heavy atom. The number of benzene rings is 3. The summed E-state index contributed by atoms with van der Waals surface area (Å²) in [6.07, 6.45) is 4.90. The van der Waals surface area contributed by atoms with E-state index in [1.165, 1.54) is 4.31 Å². The van der Waals surface area contributed by atoms with Gasteiger partial charge in [-0.05, 0) is 124 Å². The quantitative estimate of drug-likeness (QED) is 0.0776. The second-order valence-electron chi connectivity index (χ2n) is 20.7. The van der Waals surface area contributed by atoms with Gasteiger partial charge in [-0.25, -0.2) is 13.1 Å². The maximum absolute atomic E-state index is 14.5. The first kappa shape index (κ1) is 53.6. The second kappa shape index (κ2) is 23.1. The number of aromatic nitrogens is 5. The average molecular weight is 1090 g/mol. The minimum absolute atomic E-state index is 0.00975. The van der Waals surface area contributed by atoms with E-state index in [2.05, 4.69) is 58.1 Å². The number of nitrogens with zero attached hydrogens (tertiary/aromatic N) is 10. The lowest BCUT2D eigenvalue weighted by atomic mass is 9.85. The number of aryl methyl sites for hydroxylation is 1. The molecule has 2 aliphatic carbocycles. The molecule has 3 N–H and O–H groups in total. The molecule has 1 unspecified atom stereocenters. The Kier molecular flexibility index (Phi) is 16.0. The van der Waals surface area contributed by atoms with Crippen molar-refractivity contribution >= 4 is 50.1 Å². The van der Waals surface area contributed by atoms with E-state index in [0.717, 1.165) is 101 Å². The van der Waals surface area contributed by atoms with Gasteiger partial charge in [-0.15, -0.1) is 15.3 Å². The van der Waals surface area contributed by atoms with Crippen LogP contribution in [-0.4, -0.2) is 149 Å². The van der Waals surface area contributed by atoms with Crippen LogP contribution in [-0.2, 0) is 17.1 Å². The standard InChI is InChI=1S/C56H64ClN11O8S/c1-35-5-6-38(46(30-54(69)70)40-26-49-55(51(27-40)74-4)64(3)63-61-49)25-41(35)34-68-32-36(2)75-50-28-43(10-15-52(50)77(68,72)73)66-23-21-65(22-24-66)33-37-17-19-67(20-18-37)53-16-14-48(60-62-53)56(71)59-42-8-12-44(13-9-42)76-45-11-7-39(31-58)47(57)29-45/h7,10-11,14-16,25-29,36-37,42,44,46,54,69-70H,8-9,12-13,17-24,30,32-34H2,1-4H3,(H,59,71)/t36-,42?,44?,46?/m1/s1. The Morgan fingerprint density at radius 3 is 2.43 bits per heavy atom. The molecule has 1 saturated carbocycles. The van der Waals surface area contributed by atoms with Crippen molar-refractivity contribution in [2.75, 3.05) is 75.8 Å². The molecule has 3 aliphatic heterocycles. The molecule has 10 rings (SSSR count). The summed E-state index contributed by atoms with van der Waals surface area (Å²) >= 11 is 6.18. The van der Waals surface area contributed by atoms with E-state index in [4.69, 9.17) is 31.1 Å². The number of carbonyl (C=O) groups is 1. The van der Waals surface area contributed by atoms with Crippen molar-refractivity contribution in [1.29, 1.82) is 5.26 Å². The molecule has 2 saturated heterocycles. The van der Waals surface area contributed by atoms with E-state index in [0.29, 0.717) is 67.2 Å². The summed E-state index contributed by atoms with van der Waals surface area (Å²) < 4.78 is 50.3. The number of halogens is 1. The molecule has 77 heavy (non-hydrogen) atoms. The molecule has 404 valence electrons. The number of piperazine rings is 1. The third kappa shape index (κ3) is 12.0. The van der Waals surface area contributed by atoms with E-state index in [9.17, 15) is 23.4 Å². The fourth-order valence-corrected chi connectivity index (χ4v) is 13.0. The molecule has 1 amide bonds. The van der Waals surface area contributed by atoms with Crippen molar-refractivity contribution in [3.8, 4) is 23.3 Å². The number of carbonyl (C=O) groups excluding carboxylic acids is 1. The maximum atomic E-state index is 14.5. The molecule has 5 heterocycles. The molecular weight excluding hydrogens is 1020 g/mol. The number of allylic oxidation sites excluding steroid dienone is 2. The molecule has 0 radical (unpaired) electrons. The highest BCUT2D eigenvalue weighted by Gasteiger charge is 2.36. The van der Waals surface area contributed by atoms with Gasteiger partial charge >= 0.3 is 0 Å². The summed E-state index contributed by atoms with van der Waals surface area (Å²) in [7, 11) is -0.686. The number of aliphatic hydroxyl groups excluding tert-OH is 1. The monoisotopic (exact) mass is 1090 g/mol. The van der Waals surface area contributed by atoms with Gasteiger partial charge in [0.1, 0.15) is 45.4 Å². The van der Waals surface area contributed by atoms with E-state index < -0.39 is 28.3 Å². The molecule has 2 atom stereocenters. The van der Waals surface area contributed by atoms with Crippen molar-refractivity contribution in [2.24, 2.45) is 13.0 Å². The van der Waals surface area contributed by atoms with E-state index >= 15 is 0 Å². The van der Waals surface area contributed by atoms with Gasteiger partial charge in [-0.3, -0.25) is 9.69 Å². The number of methoxy groups -OCH3 is 1.